The number of benzene rings is 3. The number of aromatic nitrogens is 1. The third-order valence-corrected chi connectivity index (χ3v) is 6.96. The van der Waals surface area contributed by atoms with Crippen LogP contribution in [-0.4, -0.2) is 62.4 Å². The number of hydrogen-bond acceptors (Lipinski definition) is 5. The number of methoxy groups -OCH3 is 2. The SMILES string of the molecule is COc1ccc(C(CNC(=O)c2cn(Cc3ccccc3)c3ccccc23)N2CCOCC2)cc1OC. The molecule has 1 amide bonds. The minimum Gasteiger partial charge on any atom is -0.493 e. The topological polar surface area (TPSA) is 65.0 Å². The molecule has 1 aliphatic rings. The molecule has 1 N–H and O–H groups in total. The molecule has 2 heterocycles. The van der Waals surface area contributed by atoms with Crippen molar-refractivity contribution in [3.8, 4) is 11.5 Å². The van der Waals surface area contributed by atoms with Crippen LogP contribution in [0.2, 0.25) is 0 Å². The van der Waals surface area contributed by atoms with E-state index in [1.807, 2.05) is 60.8 Å². The maximum Gasteiger partial charge on any atom is 0.253 e. The van der Waals surface area contributed by atoms with Crippen molar-refractivity contribution in [1.82, 2.24) is 14.8 Å². The minimum atomic E-state index is -0.0817. The normalized spacial score (nSPS) is 14.9. The third kappa shape index (κ3) is 5.48. The quantitative estimate of drug-likeness (QED) is 0.367. The Labute approximate surface area is 217 Å². The first kappa shape index (κ1) is 24.9. The summed E-state index contributed by atoms with van der Waals surface area (Å²) in [6.45, 7) is 4.11. The molecule has 1 atom stereocenters. The van der Waals surface area contributed by atoms with Crippen LogP contribution in [0.5, 0.6) is 11.5 Å². The van der Waals surface area contributed by atoms with Gasteiger partial charge in [0.05, 0.1) is 39.0 Å². The lowest BCUT2D eigenvalue weighted by Gasteiger charge is -2.35. The molecule has 4 aromatic rings. The predicted molar refractivity (Wildman–Crippen MR) is 144 cm³/mol. The standard InChI is InChI=1S/C30H33N3O4/c1-35-28-13-12-23(18-29(28)36-2)27(32-14-16-37-17-15-32)19-31-30(34)25-21-33(20-22-8-4-3-5-9-22)26-11-7-6-10-24(25)26/h3-13,18,21,27H,14-17,19-20H2,1-2H3,(H,31,34). The Bertz CT molecular complexity index is 1350. The first-order valence-corrected chi connectivity index (χ1v) is 12.6. The lowest BCUT2D eigenvalue weighted by Crippen LogP contribution is -2.43. The summed E-state index contributed by atoms with van der Waals surface area (Å²) >= 11 is 0. The summed E-state index contributed by atoms with van der Waals surface area (Å²) in [5.74, 6) is 1.28. The summed E-state index contributed by atoms with van der Waals surface area (Å²) in [5.41, 5.74) is 3.98. The van der Waals surface area contributed by atoms with Crippen LogP contribution in [0.25, 0.3) is 10.9 Å². The van der Waals surface area contributed by atoms with Gasteiger partial charge < -0.3 is 24.1 Å². The Morgan fingerprint density at radius 3 is 2.43 bits per heavy atom. The van der Waals surface area contributed by atoms with Crippen molar-refractivity contribution in [2.24, 2.45) is 0 Å². The third-order valence-electron chi connectivity index (χ3n) is 6.96. The maximum absolute atomic E-state index is 13.6. The number of hydrogen-bond donors (Lipinski definition) is 1. The van der Waals surface area contributed by atoms with Gasteiger partial charge in [0.15, 0.2) is 11.5 Å². The van der Waals surface area contributed by atoms with E-state index in [4.69, 9.17) is 14.2 Å². The second kappa shape index (κ2) is 11.5. The second-order valence-corrected chi connectivity index (χ2v) is 9.16. The molecule has 0 spiro atoms. The molecule has 1 fully saturated rings. The number of nitrogens with zero attached hydrogens (tertiary/aromatic N) is 2. The summed E-state index contributed by atoms with van der Waals surface area (Å²) < 4.78 is 18.7. The molecule has 1 aromatic heterocycles. The van der Waals surface area contributed by atoms with Gasteiger partial charge in [-0.1, -0.05) is 54.6 Å². The number of nitrogens with one attached hydrogen (secondary N) is 1. The summed E-state index contributed by atoms with van der Waals surface area (Å²) in [5, 5.41) is 4.17. The monoisotopic (exact) mass is 499 g/mol. The van der Waals surface area contributed by atoms with E-state index in [1.165, 1.54) is 5.56 Å². The Kier molecular flexibility index (Phi) is 7.73. The number of carbonyl (C=O) groups excluding carboxylic acids is 1. The lowest BCUT2D eigenvalue weighted by atomic mass is 10.0. The highest BCUT2D eigenvalue weighted by molar-refractivity contribution is 6.07. The van der Waals surface area contributed by atoms with Gasteiger partial charge in [-0.2, -0.15) is 0 Å². The van der Waals surface area contributed by atoms with Crippen molar-refractivity contribution in [2.75, 3.05) is 47.1 Å². The fourth-order valence-electron chi connectivity index (χ4n) is 5.03. The maximum atomic E-state index is 13.6. The van der Waals surface area contributed by atoms with Crippen molar-refractivity contribution < 1.29 is 19.0 Å². The zero-order valence-corrected chi connectivity index (χ0v) is 21.4. The smallest absolute Gasteiger partial charge is 0.253 e. The molecule has 3 aromatic carbocycles. The first-order chi connectivity index (χ1) is 18.2. The molecule has 1 saturated heterocycles. The van der Waals surface area contributed by atoms with E-state index in [0.717, 1.165) is 29.6 Å². The number of ether oxygens (including phenoxy) is 3. The van der Waals surface area contributed by atoms with Crippen molar-refractivity contribution in [3.63, 3.8) is 0 Å². The van der Waals surface area contributed by atoms with Crippen LogP contribution in [0, 0.1) is 0 Å². The molecule has 5 rings (SSSR count). The van der Waals surface area contributed by atoms with Crippen LogP contribution >= 0.6 is 0 Å². The highest BCUT2D eigenvalue weighted by atomic mass is 16.5. The van der Waals surface area contributed by atoms with Crippen molar-refractivity contribution in [2.45, 2.75) is 12.6 Å². The van der Waals surface area contributed by atoms with E-state index in [2.05, 4.69) is 33.0 Å². The van der Waals surface area contributed by atoms with Crippen LogP contribution in [-0.2, 0) is 11.3 Å². The average molecular weight is 500 g/mol. The lowest BCUT2D eigenvalue weighted by molar-refractivity contribution is 0.0162. The summed E-state index contributed by atoms with van der Waals surface area (Å²) in [4.78, 5) is 15.9. The Morgan fingerprint density at radius 1 is 0.946 bits per heavy atom. The zero-order valence-electron chi connectivity index (χ0n) is 21.4. The van der Waals surface area contributed by atoms with Gasteiger partial charge >= 0.3 is 0 Å². The molecule has 0 radical (unpaired) electrons. The van der Waals surface area contributed by atoms with Crippen LogP contribution in [0.1, 0.15) is 27.5 Å². The van der Waals surface area contributed by atoms with Crippen LogP contribution in [0.3, 0.4) is 0 Å². The zero-order chi connectivity index (χ0) is 25.6. The van der Waals surface area contributed by atoms with Crippen LogP contribution < -0.4 is 14.8 Å². The molecule has 0 saturated carbocycles. The van der Waals surface area contributed by atoms with E-state index in [0.29, 0.717) is 43.4 Å². The predicted octanol–water partition coefficient (Wildman–Crippen LogP) is 4.51. The number of morpholine rings is 1. The Hall–Kier alpha value is -3.81. The van der Waals surface area contributed by atoms with Gasteiger partial charge in [0.2, 0.25) is 0 Å². The van der Waals surface area contributed by atoms with Gasteiger partial charge in [-0.25, -0.2) is 0 Å². The van der Waals surface area contributed by atoms with Gasteiger partial charge in [-0.15, -0.1) is 0 Å². The number of amides is 1. The molecule has 7 heteroatoms. The largest absolute Gasteiger partial charge is 0.493 e. The van der Waals surface area contributed by atoms with Crippen molar-refractivity contribution >= 4 is 16.8 Å². The fourth-order valence-corrected chi connectivity index (χ4v) is 5.03. The van der Waals surface area contributed by atoms with Gasteiger partial charge in [0.25, 0.3) is 5.91 Å². The van der Waals surface area contributed by atoms with Gasteiger partial charge in [-0.3, -0.25) is 9.69 Å². The molecule has 1 aliphatic heterocycles. The number of carbonyl (C=O) groups is 1. The van der Waals surface area contributed by atoms with Crippen LogP contribution in [0.4, 0.5) is 0 Å². The second-order valence-electron chi connectivity index (χ2n) is 9.16. The Morgan fingerprint density at radius 2 is 1.68 bits per heavy atom. The molecular formula is C30H33N3O4. The summed E-state index contributed by atoms with van der Waals surface area (Å²) in [7, 11) is 3.27. The molecule has 7 nitrogen and oxygen atoms in total. The number of rotatable bonds is 9. The van der Waals surface area contributed by atoms with E-state index in [-0.39, 0.29) is 11.9 Å². The number of para-hydroxylation sites is 1. The van der Waals surface area contributed by atoms with Crippen molar-refractivity contribution in [1.29, 1.82) is 0 Å². The molecule has 0 bridgehead atoms. The highest BCUT2D eigenvalue weighted by Crippen LogP contribution is 2.32. The first-order valence-electron chi connectivity index (χ1n) is 12.6. The molecule has 192 valence electrons. The van der Waals surface area contributed by atoms with E-state index in [1.54, 1.807) is 14.2 Å². The average Bonchev–Trinajstić information content (AvgIpc) is 3.32. The summed E-state index contributed by atoms with van der Waals surface area (Å²) in [6, 6.07) is 24.3. The fraction of sp³-hybridized carbons (Fsp3) is 0.300. The summed E-state index contributed by atoms with van der Waals surface area (Å²) in [6.07, 6.45) is 1.97. The molecular weight excluding hydrogens is 466 g/mol. The van der Waals surface area contributed by atoms with Crippen LogP contribution in [0.15, 0.2) is 79.0 Å². The minimum absolute atomic E-state index is 0.0228. The highest BCUT2D eigenvalue weighted by Gasteiger charge is 2.25. The van der Waals surface area contributed by atoms with Crippen molar-refractivity contribution in [3.05, 3.63) is 95.7 Å². The van der Waals surface area contributed by atoms with E-state index >= 15 is 0 Å². The number of fused-ring (bicyclic) bond motifs is 1. The molecule has 1 unspecified atom stereocenters. The van der Waals surface area contributed by atoms with Gasteiger partial charge in [-0.05, 0) is 29.3 Å². The molecule has 37 heavy (non-hydrogen) atoms. The van der Waals surface area contributed by atoms with E-state index in [9.17, 15) is 4.79 Å². The van der Waals surface area contributed by atoms with Gasteiger partial charge in [0.1, 0.15) is 0 Å². The molecule has 0 aliphatic carbocycles. The van der Waals surface area contributed by atoms with Gasteiger partial charge in [0, 0.05) is 43.3 Å². The Balaban J connectivity index is 1.40. The van der Waals surface area contributed by atoms with E-state index < -0.39 is 0 Å².